The molecule has 0 aliphatic heterocycles. The summed E-state index contributed by atoms with van der Waals surface area (Å²) in [5, 5.41) is 9.12. The largest absolute Gasteiger partial charge is 0.461 e. The van der Waals surface area contributed by atoms with Gasteiger partial charge in [0.25, 0.3) is 0 Å². The van der Waals surface area contributed by atoms with Crippen LogP contribution in [0.15, 0.2) is 12.3 Å². The Morgan fingerprint density at radius 3 is 2.93 bits per heavy atom. The smallest absolute Gasteiger partial charge is 0.356 e. The second-order valence-corrected chi connectivity index (χ2v) is 2.95. The summed E-state index contributed by atoms with van der Waals surface area (Å²) in [6.07, 6.45) is 1.36. The average molecular weight is 216 g/mol. The lowest BCUT2D eigenvalue weighted by molar-refractivity contribution is 0.0519. The molecule has 1 heterocycles. The van der Waals surface area contributed by atoms with Gasteiger partial charge in [0, 0.05) is 11.8 Å². The normalized spacial score (nSPS) is 9.93. The summed E-state index contributed by atoms with van der Waals surface area (Å²) in [7, 11) is 0. The molecule has 1 aromatic heterocycles. The number of carbonyl (C=O) groups is 1. The molecule has 0 saturated carbocycles. The lowest BCUT2D eigenvalue weighted by Crippen LogP contribution is -2.07. The number of esters is 1. The van der Waals surface area contributed by atoms with Crippen LogP contribution < -0.4 is 0 Å². The van der Waals surface area contributed by atoms with Gasteiger partial charge in [-0.25, -0.2) is 9.78 Å². The Morgan fingerprint density at radius 2 is 2.43 bits per heavy atom. The topological polar surface area (TPSA) is 59.4 Å². The molecule has 0 atom stereocenters. The van der Waals surface area contributed by atoms with Crippen LogP contribution in [-0.2, 0) is 11.3 Å². The van der Waals surface area contributed by atoms with E-state index in [0.717, 1.165) is 0 Å². The van der Waals surface area contributed by atoms with Crippen molar-refractivity contribution < 1.29 is 14.6 Å². The van der Waals surface area contributed by atoms with Gasteiger partial charge in [0.15, 0.2) is 0 Å². The van der Waals surface area contributed by atoms with Crippen LogP contribution in [0.3, 0.4) is 0 Å². The van der Waals surface area contributed by atoms with Gasteiger partial charge in [-0.2, -0.15) is 0 Å². The van der Waals surface area contributed by atoms with Crippen molar-refractivity contribution in [3.8, 4) is 0 Å². The molecule has 0 saturated heterocycles. The minimum absolute atomic E-state index is 0.147. The molecule has 0 radical (unpaired) electrons. The molecule has 0 aromatic carbocycles. The summed E-state index contributed by atoms with van der Waals surface area (Å²) < 4.78 is 4.73. The Kier molecular flexibility index (Phi) is 3.85. The summed E-state index contributed by atoms with van der Waals surface area (Å²) in [5.74, 6) is -0.515. The first-order valence-electron chi connectivity index (χ1n) is 4.11. The highest BCUT2D eigenvalue weighted by atomic mass is 35.5. The van der Waals surface area contributed by atoms with Crippen molar-refractivity contribution in [1.29, 1.82) is 0 Å². The predicted octanol–water partition coefficient (Wildman–Crippen LogP) is 1.40. The van der Waals surface area contributed by atoms with Gasteiger partial charge in [-0.05, 0) is 13.0 Å². The van der Waals surface area contributed by atoms with Gasteiger partial charge in [-0.1, -0.05) is 11.6 Å². The Labute approximate surface area is 86.5 Å². The van der Waals surface area contributed by atoms with Crippen LogP contribution in [0, 0.1) is 0 Å². The lowest BCUT2D eigenvalue weighted by atomic mass is 10.2. The van der Waals surface area contributed by atoms with Gasteiger partial charge < -0.3 is 9.84 Å². The van der Waals surface area contributed by atoms with Crippen molar-refractivity contribution in [1.82, 2.24) is 4.98 Å². The number of halogens is 1. The van der Waals surface area contributed by atoms with E-state index in [1.54, 1.807) is 6.92 Å². The minimum Gasteiger partial charge on any atom is -0.461 e. The fraction of sp³-hybridized carbons (Fsp3) is 0.333. The van der Waals surface area contributed by atoms with Crippen molar-refractivity contribution in [3.63, 3.8) is 0 Å². The zero-order valence-electron chi connectivity index (χ0n) is 7.66. The zero-order valence-corrected chi connectivity index (χ0v) is 8.41. The Morgan fingerprint density at radius 1 is 1.71 bits per heavy atom. The molecule has 0 aliphatic rings. The molecule has 0 aliphatic carbocycles. The summed E-state index contributed by atoms with van der Waals surface area (Å²) in [5.41, 5.74) is 0.633. The van der Waals surface area contributed by atoms with Gasteiger partial charge in [-0.3, -0.25) is 0 Å². The number of aliphatic hydroxyl groups excluding tert-OH is 1. The first-order chi connectivity index (χ1) is 6.69. The van der Waals surface area contributed by atoms with Crippen LogP contribution in [0.5, 0.6) is 0 Å². The number of hydrogen-bond acceptors (Lipinski definition) is 4. The highest BCUT2D eigenvalue weighted by Gasteiger charge is 2.10. The monoisotopic (exact) mass is 215 g/mol. The van der Waals surface area contributed by atoms with Gasteiger partial charge in [-0.15, -0.1) is 0 Å². The van der Waals surface area contributed by atoms with Gasteiger partial charge in [0.1, 0.15) is 5.69 Å². The first-order valence-corrected chi connectivity index (χ1v) is 4.49. The highest BCUT2D eigenvalue weighted by molar-refractivity contribution is 6.31. The molecule has 0 spiro atoms. The maximum Gasteiger partial charge on any atom is 0.356 e. The molecule has 0 unspecified atom stereocenters. The SMILES string of the molecule is CCOC(=O)c1cc(Cl)c(CO)cn1. The van der Waals surface area contributed by atoms with Crippen molar-refractivity contribution in [2.45, 2.75) is 13.5 Å². The third kappa shape index (κ3) is 2.43. The molecule has 14 heavy (non-hydrogen) atoms. The number of ether oxygens (including phenoxy) is 1. The Bertz CT molecular complexity index is 341. The summed E-state index contributed by atoms with van der Waals surface area (Å²) in [6, 6.07) is 1.38. The van der Waals surface area contributed by atoms with Crippen molar-refractivity contribution in [2.24, 2.45) is 0 Å². The summed E-state index contributed by atoms with van der Waals surface area (Å²) in [4.78, 5) is 15.0. The van der Waals surface area contributed by atoms with Gasteiger partial charge in [0.2, 0.25) is 0 Å². The van der Waals surface area contributed by atoms with Crippen molar-refractivity contribution in [2.75, 3.05) is 6.61 Å². The van der Waals surface area contributed by atoms with Crippen LogP contribution >= 0.6 is 11.6 Å². The predicted molar refractivity (Wildman–Crippen MR) is 51.1 cm³/mol. The number of carbonyl (C=O) groups excluding carboxylic acids is 1. The molecular weight excluding hydrogens is 206 g/mol. The molecule has 5 heteroatoms. The number of pyridine rings is 1. The number of hydrogen-bond donors (Lipinski definition) is 1. The lowest BCUT2D eigenvalue weighted by Gasteiger charge is -2.03. The van der Waals surface area contributed by atoms with E-state index in [0.29, 0.717) is 17.2 Å². The number of nitrogens with zero attached hydrogens (tertiary/aromatic N) is 1. The third-order valence-corrected chi connectivity index (χ3v) is 1.94. The molecule has 1 rings (SSSR count). The summed E-state index contributed by atoms with van der Waals surface area (Å²) >= 11 is 5.77. The van der Waals surface area contributed by atoms with E-state index < -0.39 is 5.97 Å². The van der Waals surface area contributed by atoms with E-state index in [-0.39, 0.29) is 12.3 Å². The minimum atomic E-state index is -0.515. The van der Waals surface area contributed by atoms with Crippen LogP contribution in [0.25, 0.3) is 0 Å². The van der Waals surface area contributed by atoms with Gasteiger partial charge >= 0.3 is 5.97 Å². The van der Waals surface area contributed by atoms with Gasteiger partial charge in [0.05, 0.1) is 18.2 Å². The third-order valence-electron chi connectivity index (χ3n) is 1.58. The maximum absolute atomic E-state index is 11.2. The zero-order chi connectivity index (χ0) is 10.6. The molecule has 4 nitrogen and oxygen atoms in total. The fourth-order valence-electron chi connectivity index (χ4n) is 0.892. The van der Waals surface area contributed by atoms with Crippen molar-refractivity contribution in [3.05, 3.63) is 28.5 Å². The fourth-order valence-corrected chi connectivity index (χ4v) is 1.10. The quantitative estimate of drug-likeness (QED) is 0.775. The Balaban J connectivity index is 2.91. The second kappa shape index (κ2) is 4.93. The molecule has 76 valence electrons. The van der Waals surface area contributed by atoms with Crippen LogP contribution in [0.2, 0.25) is 5.02 Å². The van der Waals surface area contributed by atoms with E-state index in [2.05, 4.69) is 4.98 Å². The highest BCUT2D eigenvalue weighted by Crippen LogP contribution is 2.16. The van der Waals surface area contributed by atoms with E-state index >= 15 is 0 Å². The number of aromatic nitrogens is 1. The van der Waals surface area contributed by atoms with Crippen LogP contribution in [-0.4, -0.2) is 22.7 Å². The maximum atomic E-state index is 11.2. The molecule has 0 amide bonds. The van der Waals surface area contributed by atoms with E-state index in [9.17, 15) is 4.79 Å². The molecule has 1 N–H and O–H groups in total. The van der Waals surface area contributed by atoms with E-state index in [4.69, 9.17) is 21.4 Å². The molecular formula is C9H10ClNO3. The summed E-state index contributed by atoms with van der Waals surface area (Å²) in [6.45, 7) is 1.80. The van der Waals surface area contributed by atoms with Crippen LogP contribution in [0.1, 0.15) is 23.0 Å². The Hall–Kier alpha value is -1.13. The van der Waals surface area contributed by atoms with Crippen LogP contribution in [0.4, 0.5) is 0 Å². The number of aliphatic hydroxyl groups is 1. The second-order valence-electron chi connectivity index (χ2n) is 2.54. The van der Waals surface area contributed by atoms with E-state index in [1.165, 1.54) is 12.3 Å². The number of rotatable bonds is 3. The first kappa shape index (κ1) is 10.9. The molecule has 0 bridgehead atoms. The molecule has 0 fully saturated rings. The van der Waals surface area contributed by atoms with E-state index in [1.807, 2.05) is 0 Å². The standard InChI is InChI=1S/C9H10ClNO3/c1-2-14-9(13)8-3-7(10)6(5-12)4-11-8/h3-4,12H,2,5H2,1H3. The average Bonchev–Trinajstić information content (AvgIpc) is 2.18. The molecule has 1 aromatic rings. The van der Waals surface area contributed by atoms with Crippen molar-refractivity contribution >= 4 is 17.6 Å².